The first-order valence-corrected chi connectivity index (χ1v) is 11.5. The van der Waals surface area contributed by atoms with Gasteiger partial charge in [-0.15, -0.1) is 0 Å². The normalized spacial score (nSPS) is 10.7. The summed E-state index contributed by atoms with van der Waals surface area (Å²) in [5.74, 6) is 1.32. The Kier molecular flexibility index (Phi) is 8.94. The van der Waals surface area contributed by atoms with Crippen LogP contribution in [0.3, 0.4) is 0 Å². The van der Waals surface area contributed by atoms with Crippen LogP contribution in [-0.2, 0) is 13.2 Å². The van der Waals surface area contributed by atoms with Gasteiger partial charge < -0.3 is 20.1 Å². The van der Waals surface area contributed by atoms with Gasteiger partial charge in [0, 0.05) is 31.8 Å². The molecule has 0 aliphatic heterocycles. The van der Waals surface area contributed by atoms with E-state index in [-0.39, 0.29) is 5.69 Å². The number of nitrogens with one attached hydrogen (secondary N) is 2. The van der Waals surface area contributed by atoms with E-state index >= 15 is 0 Å². The van der Waals surface area contributed by atoms with Crippen molar-refractivity contribution in [3.63, 3.8) is 0 Å². The minimum atomic E-state index is -0.470. The van der Waals surface area contributed by atoms with Crippen LogP contribution >= 0.6 is 27.5 Å². The molecule has 0 aliphatic carbocycles. The highest BCUT2D eigenvalue weighted by Crippen LogP contribution is 2.37. The van der Waals surface area contributed by atoms with Crippen molar-refractivity contribution < 1.29 is 14.4 Å². The molecule has 0 unspecified atom stereocenters. The third-order valence-corrected chi connectivity index (χ3v) is 5.80. The molecule has 0 atom stereocenters. The third kappa shape index (κ3) is 7.08. The number of nitro groups is 1. The van der Waals surface area contributed by atoms with Crippen LogP contribution < -0.4 is 20.1 Å². The standard InChI is InChI=1S/C24H25BrClN3O4/c1-16-3-5-17(6-4-16)15-33-24-20(25)11-18(12-23(24)32-2)14-27-9-10-28-22-8-7-19(29(30)31)13-21(22)26/h3-8,11-13,27-28H,9-10,14-15H2,1-2H3. The van der Waals surface area contributed by atoms with Crippen LogP contribution in [0.5, 0.6) is 11.5 Å². The fourth-order valence-electron chi connectivity index (χ4n) is 3.13. The number of hydrogen-bond acceptors (Lipinski definition) is 6. The summed E-state index contributed by atoms with van der Waals surface area (Å²) in [6, 6.07) is 16.5. The van der Waals surface area contributed by atoms with Gasteiger partial charge in [0.25, 0.3) is 5.69 Å². The van der Waals surface area contributed by atoms with E-state index in [0.29, 0.717) is 48.5 Å². The van der Waals surface area contributed by atoms with Gasteiger partial charge in [0.15, 0.2) is 11.5 Å². The Bertz CT molecular complexity index is 1110. The first-order valence-electron chi connectivity index (χ1n) is 10.3. The molecule has 3 rings (SSSR count). The van der Waals surface area contributed by atoms with Crippen LogP contribution in [0.25, 0.3) is 0 Å². The first kappa shape index (κ1) is 24.8. The number of rotatable bonds is 11. The number of anilines is 1. The lowest BCUT2D eigenvalue weighted by Gasteiger charge is -2.15. The number of hydrogen-bond donors (Lipinski definition) is 2. The lowest BCUT2D eigenvalue weighted by Crippen LogP contribution is -2.22. The van der Waals surface area contributed by atoms with Crippen molar-refractivity contribution in [1.29, 1.82) is 0 Å². The maximum atomic E-state index is 10.8. The van der Waals surface area contributed by atoms with E-state index in [0.717, 1.165) is 15.6 Å². The van der Waals surface area contributed by atoms with Gasteiger partial charge in [-0.3, -0.25) is 10.1 Å². The van der Waals surface area contributed by atoms with Crippen molar-refractivity contribution in [2.24, 2.45) is 0 Å². The van der Waals surface area contributed by atoms with Gasteiger partial charge in [0.1, 0.15) is 6.61 Å². The lowest BCUT2D eigenvalue weighted by molar-refractivity contribution is -0.384. The van der Waals surface area contributed by atoms with E-state index in [1.807, 2.05) is 24.3 Å². The Morgan fingerprint density at radius 1 is 1.06 bits per heavy atom. The molecule has 0 aromatic heterocycles. The van der Waals surface area contributed by atoms with Crippen LogP contribution in [-0.4, -0.2) is 25.1 Å². The minimum absolute atomic E-state index is 0.0329. The summed E-state index contributed by atoms with van der Waals surface area (Å²) in [6.45, 7) is 4.40. The number of non-ortho nitro benzene ring substituents is 1. The summed E-state index contributed by atoms with van der Waals surface area (Å²) in [4.78, 5) is 10.3. The smallest absolute Gasteiger partial charge is 0.271 e. The number of halogens is 2. The molecule has 0 fully saturated rings. The van der Waals surface area contributed by atoms with Crippen LogP contribution in [0.15, 0.2) is 59.1 Å². The van der Waals surface area contributed by atoms with Crippen LogP contribution in [0, 0.1) is 17.0 Å². The molecule has 0 bridgehead atoms. The van der Waals surface area contributed by atoms with Gasteiger partial charge in [0.2, 0.25) is 0 Å². The van der Waals surface area contributed by atoms with E-state index < -0.39 is 4.92 Å². The van der Waals surface area contributed by atoms with Gasteiger partial charge in [-0.1, -0.05) is 41.4 Å². The number of aryl methyl sites for hydroxylation is 1. The predicted octanol–water partition coefficient (Wildman–Crippen LogP) is 6.11. The summed E-state index contributed by atoms with van der Waals surface area (Å²) < 4.78 is 12.4. The van der Waals surface area contributed by atoms with Crippen LogP contribution in [0.1, 0.15) is 16.7 Å². The molecule has 0 radical (unpaired) electrons. The number of methoxy groups -OCH3 is 1. The molecule has 3 aromatic carbocycles. The zero-order chi connectivity index (χ0) is 23.8. The second-order valence-corrected chi connectivity index (χ2v) is 8.67. The van der Waals surface area contributed by atoms with E-state index in [9.17, 15) is 10.1 Å². The zero-order valence-corrected chi connectivity index (χ0v) is 20.7. The summed E-state index contributed by atoms with van der Waals surface area (Å²) in [7, 11) is 1.62. The minimum Gasteiger partial charge on any atom is -0.493 e. The Hall–Kier alpha value is -2.81. The topological polar surface area (TPSA) is 85.7 Å². The second-order valence-electron chi connectivity index (χ2n) is 7.41. The van der Waals surface area contributed by atoms with E-state index in [2.05, 4.69) is 45.6 Å². The molecule has 33 heavy (non-hydrogen) atoms. The molecular formula is C24H25BrClN3O4. The second kappa shape index (κ2) is 11.9. The molecule has 0 spiro atoms. The van der Waals surface area contributed by atoms with Crippen molar-refractivity contribution in [1.82, 2.24) is 5.32 Å². The largest absolute Gasteiger partial charge is 0.493 e. The molecule has 2 N–H and O–H groups in total. The van der Waals surface area contributed by atoms with Gasteiger partial charge in [-0.25, -0.2) is 0 Å². The molecule has 0 saturated carbocycles. The van der Waals surface area contributed by atoms with Crippen LogP contribution in [0.4, 0.5) is 11.4 Å². The molecule has 0 aliphatic rings. The number of benzene rings is 3. The highest BCUT2D eigenvalue weighted by atomic mass is 79.9. The molecule has 0 amide bonds. The molecule has 0 heterocycles. The SMILES string of the molecule is COc1cc(CNCCNc2ccc([N+](=O)[O-])cc2Cl)cc(Br)c1OCc1ccc(C)cc1. The zero-order valence-electron chi connectivity index (χ0n) is 18.4. The number of ether oxygens (including phenoxy) is 2. The fourth-order valence-corrected chi connectivity index (χ4v) is 3.98. The van der Waals surface area contributed by atoms with Crippen molar-refractivity contribution in [3.05, 3.63) is 90.9 Å². The Balaban J connectivity index is 1.51. The molecule has 174 valence electrons. The maximum Gasteiger partial charge on any atom is 0.271 e. The molecular weight excluding hydrogens is 510 g/mol. The average Bonchev–Trinajstić information content (AvgIpc) is 2.79. The van der Waals surface area contributed by atoms with Crippen molar-refractivity contribution >= 4 is 38.9 Å². The van der Waals surface area contributed by atoms with Crippen molar-refractivity contribution in [2.75, 3.05) is 25.5 Å². The highest BCUT2D eigenvalue weighted by molar-refractivity contribution is 9.10. The van der Waals surface area contributed by atoms with Gasteiger partial charge in [-0.05, 0) is 52.2 Å². The number of nitrogens with zero attached hydrogens (tertiary/aromatic N) is 1. The van der Waals surface area contributed by atoms with E-state index in [4.69, 9.17) is 21.1 Å². The number of nitro benzene ring substituents is 1. The molecule has 9 heteroatoms. The first-order chi connectivity index (χ1) is 15.9. The van der Waals surface area contributed by atoms with E-state index in [1.54, 1.807) is 13.2 Å². The Morgan fingerprint density at radius 2 is 1.82 bits per heavy atom. The summed E-state index contributed by atoms with van der Waals surface area (Å²) in [6.07, 6.45) is 0. The van der Waals surface area contributed by atoms with Gasteiger partial charge in [-0.2, -0.15) is 0 Å². The van der Waals surface area contributed by atoms with Crippen LogP contribution in [0.2, 0.25) is 5.02 Å². The van der Waals surface area contributed by atoms with Gasteiger partial charge in [0.05, 0.1) is 27.2 Å². The Labute approximate surface area is 206 Å². The fraction of sp³-hybridized carbons (Fsp3) is 0.250. The van der Waals surface area contributed by atoms with Gasteiger partial charge >= 0.3 is 0 Å². The summed E-state index contributed by atoms with van der Waals surface area (Å²) in [5, 5.41) is 17.6. The molecule has 0 saturated heterocycles. The maximum absolute atomic E-state index is 10.8. The predicted molar refractivity (Wildman–Crippen MR) is 135 cm³/mol. The molecule has 3 aromatic rings. The summed E-state index contributed by atoms with van der Waals surface area (Å²) >= 11 is 9.69. The lowest BCUT2D eigenvalue weighted by atomic mass is 10.1. The molecule has 7 nitrogen and oxygen atoms in total. The summed E-state index contributed by atoms with van der Waals surface area (Å²) in [5.41, 5.74) is 3.95. The van der Waals surface area contributed by atoms with E-state index in [1.165, 1.54) is 17.7 Å². The van der Waals surface area contributed by atoms with Crippen molar-refractivity contribution in [3.8, 4) is 11.5 Å². The Morgan fingerprint density at radius 3 is 2.48 bits per heavy atom. The monoisotopic (exact) mass is 533 g/mol. The quantitative estimate of drug-likeness (QED) is 0.175. The highest BCUT2D eigenvalue weighted by Gasteiger charge is 2.12. The average molecular weight is 535 g/mol. The van der Waals surface area contributed by atoms with Crippen molar-refractivity contribution in [2.45, 2.75) is 20.1 Å². The third-order valence-electron chi connectivity index (χ3n) is 4.90.